The number of rotatable bonds is 2. The molecule has 1 aliphatic heterocycles. The maximum atomic E-state index is 11.1. The summed E-state index contributed by atoms with van der Waals surface area (Å²) in [5, 5.41) is 17.5. The first-order valence-corrected chi connectivity index (χ1v) is 8.97. The van der Waals surface area contributed by atoms with E-state index in [1.54, 1.807) is 53.4 Å². The largest absolute Gasteiger partial charge is 0.457 e. The molecule has 1 aliphatic rings. The molecule has 2 aromatic rings. The zero-order chi connectivity index (χ0) is 20.6. The van der Waals surface area contributed by atoms with Crippen molar-refractivity contribution in [1.29, 1.82) is 10.5 Å². The van der Waals surface area contributed by atoms with E-state index in [4.69, 9.17) is 20.0 Å². The van der Waals surface area contributed by atoms with Gasteiger partial charge in [-0.25, -0.2) is 4.79 Å². The summed E-state index contributed by atoms with van der Waals surface area (Å²) >= 11 is 0. The second kappa shape index (κ2) is 9.43. The predicted molar refractivity (Wildman–Crippen MR) is 105 cm³/mol. The lowest BCUT2D eigenvalue weighted by molar-refractivity contribution is 0.0131. The number of likely N-dealkylation sites (tertiary alicyclic amines) is 1. The van der Waals surface area contributed by atoms with Gasteiger partial charge in [0.25, 0.3) is 0 Å². The summed E-state index contributed by atoms with van der Waals surface area (Å²) in [5.74, 6) is 1.17. The van der Waals surface area contributed by atoms with Gasteiger partial charge in [-0.3, -0.25) is 0 Å². The minimum Gasteiger partial charge on any atom is -0.457 e. The lowest BCUT2D eigenvalue weighted by Gasteiger charge is -2.32. The van der Waals surface area contributed by atoms with Crippen LogP contribution in [0.2, 0.25) is 0 Å². The third-order valence-corrected chi connectivity index (χ3v) is 3.67. The van der Waals surface area contributed by atoms with Gasteiger partial charge in [0.05, 0.1) is 23.3 Å². The van der Waals surface area contributed by atoms with Crippen molar-refractivity contribution in [2.75, 3.05) is 13.1 Å². The molecule has 0 unspecified atom stereocenters. The van der Waals surface area contributed by atoms with Crippen LogP contribution in [0.3, 0.4) is 0 Å². The van der Waals surface area contributed by atoms with Crippen molar-refractivity contribution in [1.82, 2.24) is 4.90 Å². The lowest BCUT2D eigenvalue weighted by Crippen LogP contribution is -2.44. The Labute approximate surface area is 165 Å². The van der Waals surface area contributed by atoms with Gasteiger partial charge < -0.3 is 14.4 Å². The monoisotopic (exact) mass is 377 g/mol. The standard InChI is InChI=1S/C14H8N2O.C8H15NO2/c15-9-11-3-1-5-13(7-11)17-14-6-2-4-12(8-14)10-16;1-8(2,3)11-7(10)9-5-4-6-9/h1-8H;4-6H2,1-3H3. The maximum Gasteiger partial charge on any atom is 0.410 e. The molecule has 0 atom stereocenters. The van der Waals surface area contributed by atoms with Crippen LogP contribution in [0.4, 0.5) is 4.79 Å². The Balaban J connectivity index is 0.000000221. The molecule has 0 aromatic heterocycles. The highest BCUT2D eigenvalue weighted by Gasteiger charge is 2.25. The highest BCUT2D eigenvalue weighted by molar-refractivity contribution is 5.68. The van der Waals surface area contributed by atoms with Gasteiger partial charge in [-0.15, -0.1) is 0 Å². The summed E-state index contributed by atoms with van der Waals surface area (Å²) in [6, 6.07) is 17.8. The van der Waals surface area contributed by atoms with Gasteiger partial charge in [0, 0.05) is 13.1 Å². The van der Waals surface area contributed by atoms with Gasteiger partial charge in [-0.1, -0.05) is 12.1 Å². The van der Waals surface area contributed by atoms with Crippen molar-refractivity contribution in [3.63, 3.8) is 0 Å². The van der Waals surface area contributed by atoms with Crippen molar-refractivity contribution in [2.45, 2.75) is 32.8 Å². The van der Waals surface area contributed by atoms with Gasteiger partial charge in [-0.2, -0.15) is 10.5 Å². The number of hydrogen-bond acceptors (Lipinski definition) is 5. The van der Waals surface area contributed by atoms with Crippen molar-refractivity contribution in [3.05, 3.63) is 59.7 Å². The molecular formula is C22H23N3O3. The molecule has 0 radical (unpaired) electrons. The highest BCUT2D eigenvalue weighted by atomic mass is 16.6. The molecular weight excluding hydrogens is 354 g/mol. The average Bonchev–Trinajstić information content (AvgIpc) is 2.59. The predicted octanol–water partition coefficient (Wildman–Crippen LogP) is 4.85. The van der Waals surface area contributed by atoms with Gasteiger partial charge in [0.2, 0.25) is 0 Å². The molecule has 0 N–H and O–H groups in total. The minimum absolute atomic E-state index is 0.177. The number of carbonyl (C=O) groups excluding carboxylic acids is 1. The van der Waals surface area contributed by atoms with Crippen LogP contribution in [0.25, 0.3) is 0 Å². The van der Waals surface area contributed by atoms with Crippen LogP contribution >= 0.6 is 0 Å². The summed E-state index contributed by atoms with van der Waals surface area (Å²) in [6.45, 7) is 7.35. The van der Waals surface area contributed by atoms with E-state index in [1.807, 2.05) is 32.9 Å². The van der Waals surface area contributed by atoms with E-state index in [0.29, 0.717) is 22.6 Å². The molecule has 0 aliphatic carbocycles. The van der Waals surface area contributed by atoms with Crippen LogP contribution in [0.1, 0.15) is 38.3 Å². The molecule has 0 saturated carbocycles. The number of amides is 1. The second-order valence-electron chi connectivity index (χ2n) is 7.20. The van der Waals surface area contributed by atoms with E-state index in [9.17, 15) is 4.79 Å². The molecule has 1 saturated heterocycles. The van der Waals surface area contributed by atoms with Crippen LogP contribution in [-0.2, 0) is 4.74 Å². The summed E-state index contributed by atoms with van der Waals surface area (Å²) < 4.78 is 10.7. The van der Waals surface area contributed by atoms with E-state index in [-0.39, 0.29) is 11.7 Å². The Morgan fingerprint density at radius 2 is 1.46 bits per heavy atom. The normalized spacial score (nSPS) is 12.4. The van der Waals surface area contributed by atoms with Crippen LogP contribution in [-0.4, -0.2) is 29.7 Å². The SMILES string of the molecule is CC(C)(C)OC(=O)N1CCC1.N#Cc1cccc(Oc2cccc(C#N)c2)c1. The highest BCUT2D eigenvalue weighted by Crippen LogP contribution is 2.22. The number of nitriles is 2. The molecule has 0 bridgehead atoms. The third kappa shape index (κ3) is 6.66. The van der Waals surface area contributed by atoms with E-state index in [2.05, 4.69) is 0 Å². The second-order valence-corrected chi connectivity index (χ2v) is 7.20. The number of nitrogens with zero attached hydrogens (tertiary/aromatic N) is 3. The molecule has 1 fully saturated rings. The minimum atomic E-state index is -0.354. The maximum absolute atomic E-state index is 11.1. The summed E-state index contributed by atoms with van der Waals surface area (Å²) in [5.41, 5.74) is 0.727. The smallest absolute Gasteiger partial charge is 0.410 e. The third-order valence-electron chi connectivity index (χ3n) is 3.67. The van der Waals surface area contributed by atoms with Gasteiger partial charge in [-0.05, 0) is 63.6 Å². The molecule has 2 aromatic carbocycles. The Morgan fingerprint density at radius 1 is 0.964 bits per heavy atom. The van der Waals surface area contributed by atoms with Gasteiger partial charge in [0.15, 0.2) is 0 Å². The van der Waals surface area contributed by atoms with Crippen molar-refractivity contribution in [3.8, 4) is 23.6 Å². The molecule has 3 rings (SSSR count). The number of ether oxygens (including phenoxy) is 2. The Bertz CT molecular complexity index is 845. The Kier molecular flexibility index (Phi) is 7.01. The number of hydrogen-bond donors (Lipinski definition) is 0. The summed E-state index contributed by atoms with van der Waals surface area (Å²) in [4.78, 5) is 12.9. The number of benzene rings is 2. The van der Waals surface area contributed by atoms with Crippen molar-refractivity contribution < 1.29 is 14.3 Å². The average molecular weight is 377 g/mol. The lowest BCUT2D eigenvalue weighted by atomic mass is 10.2. The van der Waals surface area contributed by atoms with E-state index < -0.39 is 0 Å². The Hall–Kier alpha value is -3.51. The molecule has 6 nitrogen and oxygen atoms in total. The summed E-state index contributed by atoms with van der Waals surface area (Å²) in [7, 11) is 0. The van der Waals surface area contributed by atoms with Crippen LogP contribution in [0.15, 0.2) is 48.5 Å². The fraction of sp³-hybridized carbons (Fsp3) is 0.318. The quantitative estimate of drug-likeness (QED) is 0.747. The first-order chi connectivity index (χ1) is 13.3. The van der Waals surface area contributed by atoms with E-state index in [1.165, 1.54) is 0 Å². The fourth-order valence-electron chi connectivity index (χ4n) is 2.22. The van der Waals surface area contributed by atoms with Crippen molar-refractivity contribution in [2.24, 2.45) is 0 Å². The van der Waals surface area contributed by atoms with Gasteiger partial charge in [0.1, 0.15) is 17.1 Å². The van der Waals surface area contributed by atoms with E-state index in [0.717, 1.165) is 19.5 Å². The molecule has 6 heteroatoms. The van der Waals surface area contributed by atoms with Crippen LogP contribution < -0.4 is 4.74 Å². The van der Waals surface area contributed by atoms with Crippen molar-refractivity contribution >= 4 is 6.09 Å². The van der Waals surface area contributed by atoms with Crippen LogP contribution in [0, 0.1) is 22.7 Å². The topological polar surface area (TPSA) is 86.3 Å². The molecule has 1 heterocycles. The first-order valence-electron chi connectivity index (χ1n) is 8.97. The summed E-state index contributed by atoms with van der Waals surface area (Å²) in [6.07, 6.45) is 0.933. The Morgan fingerprint density at radius 3 is 1.82 bits per heavy atom. The zero-order valence-electron chi connectivity index (χ0n) is 16.3. The molecule has 144 valence electrons. The van der Waals surface area contributed by atoms with Gasteiger partial charge >= 0.3 is 6.09 Å². The number of carbonyl (C=O) groups is 1. The first kappa shape index (κ1) is 20.8. The molecule has 28 heavy (non-hydrogen) atoms. The molecule has 0 spiro atoms. The molecule has 1 amide bonds. The fourth-order valence-corrected chi connectivity index (χ4v) is 2.22. The van der Waals surface area contributed by atoms with Crippen LogP contribution in [0.5, 0.6) is 11.5 Å². The van der Waals surface area contributed by atoms with E-state index >= 15 is 0 Å². The zero-order valence-corrected chi connectivity index (χ0v) is 16.3.